The van der Waals surface area contributed by atoms with Crippen molar-refractivity contribution < 1.29 is 4.48 Å². The Morgan fingerprint density at radius 1 is 1.31 bits per heavy atom. The third-order valence-corrected chi connectivity index (χ3v) is 3.63. The second kappa shape index (κ2) is 2.60. The molecule has 74 valence electrons. The zero-order chi connectivity index (χ0) is 9.69. The summed E-state index contributed by atoms with van der Waals surface area (Å²) in [5.41, 5.74) is 0.581. The van der Waals surface area contributed by atoms with E-state index in [2.05, 4.69) is 40.2 Å². The van der Waals surface area contributed by atoms with Crippen LogP contribution >= 0.6 is 0 Å². The highest BCUT2D eigenvalue weighted by molar-refractivity contribution is 5.14. The van der Waals surface area contributed by atoms with Gasteiger partial charge < -0.3 is 4.48 Å². The largest absolute Gasteiger partial charge is 0.330 e. The van der Waals surface area contributed by atoms with Crippen molar-refractivity contribution in [1.29, 1.82) is 0 Å². The van der Waals surface area contributed by atoms with Gasteiger partial charge in [0.2, 0.25) is 0 Å². The average Bonchev–Trinajstić information content (AvgIpc) is 2.39. The Balaban J connectivity index is 2.10. The molecule has 0 aliphatic heterocycles. The van der Waals surface area contributed by atoms with Crippen molar-refractivity contribution >= 4 is 0 Å². The summed E-state index contributed by atoms with van der Waals surface area (Å²) >= 11 is 0. The maximum absolute atomic E-state index is 2.48. The van der Waals surface area contributed by atoms with E-state index in [1.807, 2.05) is 0 Å². The lowest BCUT2D eigenvalue weighted by Crippen LogP contribution is -2.45. The molecule has 0 aromatic rings. The highest BCUT2D eigenvalue weighted by Crippen LogP contribution is 2.52. The van der Waals surface area contributed by atoms with Crippen LogP contribution < -0.4 is 0 Å². The zero-order valence-corrected chi connectivity index (χ0v) is 9.38. The molecule has 0 radical (unpaired) electrons. The summed E-state index contributed by atoms with van der Waals surface area (Å²) in [4.78, 5) is 0. The molecular formula is C12H22N+. The van der Waals surface area contributed by atoms with Gasteiger partial charge in [0, 0.05) is 5.41 Å². The lowest BCUT2D eigenvalue weighted by molar-refractivity contribution is -0.877. The Labute approximate surface area is 82.0 Å². The smallest absolute Gasteiger partial charge is 0.0840 e. The molecule has 0 N–H and O–H groups in total. The summed E-state index contributed by atoms with van der Waals surface area (Å²) in [5.74, 6) is 1.77. The van der Waals surface area contributed by atoms with Gasteiger partial charge in [-0.3, -0.25) is 0 Å². The molecule has 1 saturated carbocycles. The predicted molar refractivity (Wildman–Crippen MR) is 56.4 cm³/mol. The lowest BCUT2D eigenvalue weighted by atomic mass is 9.77. The molecular weight excluding hydrogens is 158 g/mol. The van der Waals surface area contributed by atoms with Crippen molar-refractivity contribution in [2.45, 2.75) is 19.8 Å². The molecule has 2 aliphatic carbocycles. The molecule has 2 rings (SSSR count). The zero-order valence-electron chi connectivity index (χ0n) is 9.38. The van der Waals surface area contributed by atoms with E-state index in [4.69, 9.17) is 0 Å². The molecule has 0 amide bonds. The van der Waals surface area contributed by atoms with E-state index in [1.165, 1.54) is 19.4 Å². The van der Waals surface area contributed by atoms with Crippen molar-refractivity contribution in [3.63, 3.8) is 0 Å². The molecule has 0 aromatic carbocycles. The number of hydrogen-bond acceptors (Lipinski definition) is 0. The number of allylic oxidation sites excluding steroid dienone is 2. The van der Waals surface area contributed by atoms with Crippen LogP contribution in [0.5, 0.6) is 0 Å². The van der Waals surface area contributed by atoms with E-state index in [9.17, 15) is 0 Å². The Bertz CT molecular complexity index is 236. The summed E-state index contributed by atoms with van der Waals surface area (Å²) in [6, 6.07) is 0. The van der Waals surface area contributed by atoms with E-state index in [0.29, 0.717) is 5.41 Å². The summed E-state index contributed by atoms with van der Waals surface area (Å²) < 4.78 is 1.10. The van der Waals surface area contributed by atoms with Crippen molar-refractivity contribution in [3.8, 4) is 0 Å². The third kappa shape index (κ3) is 1.67. The molecule has 3 atom stereocenters. The van der Waals surface area contributed by atoms with Crippen LogP contribution in [0.1, 0.15) is 19.8 Å². The quantitative estimate of drug-likeness (QED) is 0.452. The maximum Gasteiger partial charge on any atom is 0.0840 e. The van der Waals surface area contributed by atoms with Gasteiger partial charge in [-0.15, -0.1) is 0 Å². The Hall–Kier alpha value is -0.300. The van der Waals surface area contributed by atoms with E-state index in [1.54, 1.807) is 0 Å². The standard InChI is InChI=1S/C12H22N/c1-12(9-13(2,3)4)8-10-5-6-11(12)7-10/h5-6,10-11H,7-9H2,1-4H3/q+1/t10-,11+,12-/m0/s1. The molecule has 0 heterocycles. The number of rotatable bonds is 2. The SMILES string of the molecule is C[C@@]1(C[N+](C)(C)C)C[C@H]2C=C[C@@H]1C2. The average molecular weight is 180 g/mol. The molecule has 0 spiro atoms. The van der Waals surface area contributed by atoms with Crippen molar-refractivity contribution in [2.24, 2.45) is 17.3 Å². The molecule has 0 unspecified atom stereocenters. The fraction of sp³-hybridized carbons (Fsp3) is 0.833. The Kier molecular flexibility index (Phi) is 1.85. The van der Waals surface area contributed by atoms with Crippen LogP contribution in [0.15, 0.2) is 12.2 Å². The minimum Gasteiger partial charge on any atom is -0.330 e. The van der Waals surface area contributed by atoms with E-state index < -0.39 is 0 Å². The summed E-state index contributed by atoms with van der Waals surface area (Å²) in [6.07, 6.45) is 7.74. The van der Waals surface area contributed by atoms with Crippen LogP contribution in [-0.4, -0.2) is 32.2 Å². The van der Waals surface area contributed by atoms with Gasteiger partial charge in [0.25, 0.3) is 0 Å². The summed E-state index contributed by atoms with van der Waals surface area (Å²) in [6.45, 7) is 3.79. The van der Waals surface area contributed by atoms with Crippen LogP contribution in [0.3, 0.4) is 0 Å². The first kappa shape index (κ1) is 9.26. The molecule has 2 bridgehead atoms. The fourth-order valence-electron chi connectivity index (χ4n) is 3.46. The van der Waals surface area contributed by atoms with Crippen LogP contribution in [0, 0.1) is 17.3 Å². The fourth-order valence-corrected chi connectivity index (χ4v) is 3.46. The molecule has 1 fully saturated rings. The van der Waals surface area contributed by atoms with Crippen molar-refractivity contribution in [1.82, 2.24) is 0 Å². The lowest BCUT2D eigenvalue weighted by Gasteiger charge is -2.38. The minimum atomic E-state index is 0.581. The summed E-state index contributed by atoms with van der Waals surface area (Å²) in [5, 5.41) is 0. The molecule has 1 nitrogen and oxygen atoms in total. The van der Waals surface area contributed by atoms with Gasteiger partial charge in [0.15, 0.2) is 0 Å². The van der Waals surface area contributed by atoms with Crippen molar-refractivity contribution in [3.05, 3.63) is 12.2 Å². The molecule has 2 aliphatic rings. The Morgan fingerprint density at radius 2 is 2.00 bits per heavy atom. The normalized spacial score (nSPS) is 43.1. The topological polar surface area (TPSA) is 0 Å². The molecule has 1 heteroatoms. The molecule has 13 heavy (non-hydrogen) atoms. The first-order valence-corrected chi connectivity index (χ1v) is 5.38. The second-order valence-electron chi connectivity index (χ2n) is 6.29. The number of quaternary nitrogens is 1. The number of fused-ring (bicyclic) bond motifs is 2. The monoisotopic (exact) mass is 180 g/mol. The van der Waals surface area contributed by atoms with Crippen LogP contribution in [-0.2, 0) is 0 Å². The first-order valence-electron chi connectivity index (χ1n) is 5.38. The molecule has 0 aromatic heterocycles. The van der Waals surface area contributed by atoms with Gasteiger partial charge in [-0.2, -0.15) is 0 Å². The van der Waals surface area contributed by atoms with Gasteiger partial charge in [0.05, 0.1) is 27.7 Å². The maximum atomic E-state index is 2.48. The number of hydrogen-bond donors (Lipinski definition) is 0. The summed E-state index contributed by atoms with van der Waals surface area (Å²) in [7, 11) is 6.92. The Morgan fingerprint density at radius 3 is 2.38 bits per heavy atom. The van der Waals surface area contributed by atoms with Gasteiger partial charge in [-0.1, -0.05) is 19.1 Å². The van der Waals surface area contributed by atoms with Gasteiger partial charge in [-0.05, 0) is 24.7 Å². The van der Waals surface area contributed by atoms with Crippen molar-refractivity contribution in [2.75, 3.05) is 27.7 Å². The second-order valence-corrected chi connectivity index (χ2v) is 6.29. The minimum absolute atomic E-state index is 0.581. The highest BCUT2D eigenvalue weighted by atomic mass is 15.3. The number of nitrogens with zero attached hydrogens (tertiary/aromatic N) is 1. The van der Waals surface area contributed by atoms with E-state index >= 15 is 0 Å². The third-order valence-electron chi connectivity index (χ3n) is 3.63. The van der Waals surface area contributed by atoms with Crippen LogP contribution in [0.4, 0.5) is 0 Å². The van der Waals surface area contributed by atoms with Gasteiger partial charge >= 0.3 is 0 Å². The van der Waals surface area contributed by atoms with E-state index in [0.717, 1.165) is 16.3 Å². The highest BCUT2D eigenvalue weighted by Gasteiger charge is 2.47. The van der Waals surface area contributed by atoms with Crippen LogP contribution in [0.25, 0.3) is 0 Å². The van der Waals surface area contributed by atoms with Gasteiger partial charge in [0.1, 0.15) is 0 Å². The predicted octanol–water partition coefficient (Wildman–Crippen LogP) is 2.29. The van der Waals surface area contributed by atoms with Gasteiger partial charge in [-0.25, -0.2) is 0 Å². The first-order chi connectivity index (χ1) is 5.89. The van der Waals surface area contributed by atoms with E-state index in [-0.39, 0.29) is 0 Å². The van der Waals surface area contributed by atoms with Crippen LogP contribution in [0.2, 0.25) is 0 Å². The molecule has 0 saturated heterocycles.